The molecule has 6 nitrogen and oxygen atoms in total. The molecule has 0 unspecified atom stereocenters. The smallest absolute Gasteiger partial charge is 0.232 e. The van der Waals surface area contributed by atoms with Crippen molar-refractivity contribution in [1.82, 2.24) is 0 Å². The number of carbonyl (C=O) groups excluding carboxylic acids is 1. The fraction of sp³-hybridized carbons (Fsp3) is 0.278. The van der Waals surface area contributed by atoms with E-state index in [0.29, 0.717) is 5.69 Å². The van der Waals surface area contributed by atoms with Crippen LogP contribution in [-0.2, 0) is 14.8 Å². The van der Waals surface area contributed by atoms with E-state index in [4.69, 9.17) is 0 Å². The van der Waals surface area contributed by atoms with Crippen molar-refractivity contribution in [2.24, 2.45) is 0 Å². The number of sulfonamides is 1. The van der Waals surface area contributed by atoms with Gasteiger partial charge in [-0.15, -0.1) is 0 Å². The van der Waals surface area contributed by atoms with Gasteiger partial charge in [-0.1, -0.05) is 12.1 Å². The molecule has 1 N–H and O–H groups in total. The highest BCUT2D eigenvalue weighted by atomic mass is 32.2. The van der Waals surface area contributed by atoms with Gasteiger partial charge in [-0.2, -0.15) is 0 Å². The van der Waals surface area contributed by atoms with Gasteiger partial charge in [0.25, 0.3) is 0 Å². The summed E-state index contributed by atoms with van der Waals surface area (Å²) in [5, 5.41) is 2.45. The first-order chi connectivity index (χ1) is 12.2. The quantitative estimate of drug-likeness (QED) is 0.803. The number of anilines is 3. The molecule has 0 heterocycles. The average molecular weight is 379 g/mol. The molecule has 140 valence electrons. The molecule has 0 atom stereocenters. The maximum Gasteiger partial charge on any atom is 0.232 e. The zero-order chi connectivity index (χ0) is 19.3. The minimum absolute atomic E-state index is 0.0412. The summed E-state index contributed by atoms with van der Waals surface area (Å²) in [5.41, 5.74) is 1.47. The fourth-order valence-electron chi connectivity index (χ4n) is 2.38. The number of benzene rings is 2. The molecule has 0 saturated heterocycles. The Kier molecular flexibility index (Phi) is 6.20. The van der Waals surface area contributed by atoms with Gasteiger partial charge in [-0.25, -0.2) is 12.8 Å². The largest absolute Gasteiger partial charge is 0.378 e. The molecule has 0 aliphatic heterocycles. The molecule has 26 heavy (non-hydrogen) atoms. The number of hydrogen-bond acceptors (Lipinski definition) is 4. The highest BCUT2D eigenvalue weighted by molar-refractivity contribution is 7.92. The summed E-state index contributed by atoms with van der Waals surface area (Å²) in [7, 11) is 0.209. The van der Waals surface area contributed by atoms with E-state index in [9.17, 15) is 17.6 Å². The van der Waals surface area contributed by atoms with Gasteiger partial charge >= 0.3 is 0 Å². The topological polar surface area (TPSA) is 69.7 Å². The molecular formula is C18H22FN3O3S. The summed E-state index contributed by atoms with van der Waals surface area (Å²) in [6.07, 6.45) is 0.985. The lowest BCUT2D eigenvalue weighted by atomic mass is 10.2. The Morgan fingerprint density at radius 3 is 2.15 bits per heavy atom. The molecule has 0 saturated carbocycles. The first-order valence-electron chi connectivity index (χ1n) is 7.98. The summed E-state index contributed by atoms with van der Waals surface area (Å²) >= 11 is 0. The molecule has 2 rings (SSSR count). The third kappa shape index (κ3) is 5.19. The highest BCUT2D eigenvalue weighted by Gasteiger charge is 2.19. The van der Waals surface area contributed by atoms with Gasteiger partial charge in [0, 0.05) is 32.7 Å². The Labute approximate surface area is 153 Å². The summed E-state index contributed by atoms with van der Waals surface area (Å²) in [6.45, 7) is -0.0412. The number of carbonyl (C=O) groups is 1. The lowest BCUT2D eigenvalue weighted by Gasteiger charge is -2.23. The zero-order valence-corrected chi connectivity index (χ0v) is 15.8. The second-order valence-corrected chi connectivity index (χ2v) is 7.93. The number of amides is 1. The predicted molar refractivity (Wildman–Crippen MR) is 103 cm³/mol. The number of halogens is 1. The van der Waals surface area contributed by atoms with Gasteiger partial charge in [0.05, 0.1) is 17.6 Å². The van der Waals surface area contributed by atoms with E-state index in [1.54, 1.807) is 30.3 Å². The van der Waals surface area contributed by atoms with Gasteiger partial charge in [0.2, 0.25) is 15.9 Å². The van der Waals surface area contributed by atoms with E-state index < -0.39 is 21.7 Å². The van der Waals surface area contributed by atoms with Crippen molar-refractivity contribution in [3.05, 3.63) is 54.3 Å². The van der Waals surface area contributed by atoms with Crippen molar-refractivity contribution in [3.8, 4) is 0 Å². The number of rotatable bonds is 7. The van der Waals surface area contributed by atoms with Crippen LogP contribution in [0.15, 0.2) is 48.5 Å². The van der Waals surface area contributed by atoms with Crippen LogP contribution in [0.5, 0.6) is 0 Å². The zero-order valence-electron chi connectivity index (χ0n) is 14.9. The van der Waals surface area contributed by atoms with Crippen LogP contribution in [0.3, 0.4) is 0 Å². The van der Waals surface area contributed by atoms with E-state index in [2.05, 4.69) is 5.32 Å². The molecule has 0 aliphatic rings. The Morgan fingerprint density at radius 1 is 1.04 bits per heavy atom. The SMILES string of the molecule is CN(C)c1ccc(N(CCC(=O)Nc2ccccc2F)S(C)(=O)=O)cc1. The Hall–Kier alpha value is -2.61. The molecule has 0 spiro atoms. The number of nitrogens with zero attached hydrogens (tertiary/aromatic N) is 2. The summed E-state index contributed by atoms with van der Waals surface area (Å²) in [4.78, 5) is 14.0. The Morgan fingerprint density at radius 2 is 1.62 bits per heavy atom. The third-order valence-electron chi connectivity index (χ3n) is 3.74. The average Bonchev–Trinajstić information content (AvgIpc) is 2.56. The van der Waals surface area contributed by atoms with Crippen molar-refractivity contribution < 1.29 is 17.6 Å². The lowest BCUT2D eigenvalue weighted by Crippen LogP contribution is -2.33. The monoisotopic (exact) mass is 379 g/mol. The van der Waals surface area contributed by atoms with Gasteiger partial charge < -0.3 is 10.2 Å². The maximum absolute atomic E-state index is 13.6. The molecule has 8 heteroatoms. The van der Waals surface area contributed by atoms with Crippen molar-refractivity contribution in [1.29, 1.82) is 0 Å². The van der Waals surface area contributed by atoms with E-state index in [-0.39, 0.29) is 18.7 Å². The Bertz CT molecular complexity index is 868. The number of hydrogen-bond donors (Lipinski definition) is 1. The Balaban J connectivity index is 2.09. The van der Waals surface area contributed by atoms with E-state index in [1.807, 2.05) is 19.0 Å². The van der Waals surface area contributed by atoms with E-state index in [1.165, 1.54) is 18.2 Å². The molecule has 0 radical (unpaired) electrons. The number of para-hydroxylation sites is 1. The minimum Gasteiger partial charge on any atom is -0.378 e. The van der Waals surface area contributed by atoms with Crippen LogP contribution in [0.25, 0.3) is 0 Å². The predicted octanol–water partition coefficient (Wildman–Crippen LogP) is 2.69. The second kappa shape index (κ2) is 8.18. The fourth-order valence-corrected chi connectivity index (χ4v) is 3.31. The minimum atomic E-state index is -3.56. The molecule has 0 bridgehead atoms. The standard InChI is InChI=1S/C18H22FN3O3S/c1-21(2)14-8-10-15(11-9-14)22(26(3,24)25)13-12-18(23)20-17-7-5-4-6-16(17)19/h4-11H,12-13H2,1-3H3,(H,20,23). The first kappa shape index (κ1) is 19.7. The van der Waals surface area contributed by atoms with E-state index >= 15 is 0 Å². The second-order valence-electron chi connectivity index (χ2n) is 6.02. The van der Waals surface area contributed by atoms with Crippen LogP contribution in [0.1, 0.15) is 6.42 Å². The van der Waals surface area contributed by atoms with Crippen LogP contribution < -0.4 is 14.5 Å². The van der Waals surface area contributed by atoms with E-state index in [0.717, 1.165) is 16.2 Å². The molecule has 2 aromatic carbocycles. The van der Waals surface area contributed by atoms with Crippen molar-refractivity contribution in [2.75, 3.05) is 41.4 Å². The van der Waals surface area contributed by atoms with Crippen LogP contribution in [0.2, 0.25) is 0 Å². The first-order valence-corrected chi connectivity index (χ1v) is 9.83. The van der Waals surface area contributed by atoms with Crippen LogP contribution >= 0.6 is 0 Å². The molecular weight excluding hydrogens is 357 g/mol. The summed E-state index contributed by atoms with van der Waals surface area (Å²) in [6, 6.07) is 12.8. The van der Waals surface area contributed by atoms with Crippen LogP contribution in [-0.4, -0.2) is 41.2 Å². The molecule has 2 aromatic rings. The lowest BCUT2D eigenvalue weighted by molar-refractivity contribution is -0.116. The van der Waals surface area contributed by atoms with Crippen molar-refractivity contribution in [2.45, 2.75) is 6.42 Å². The van der Waals surface area contributed by atoms with Gasteiger partial charge in [0.1, 0.15) is 5.82 Å². The molecule has 0 fully saturated rings. The van der Waals surface area contributed by atoms with Crippen LogP contribution in [0.4, 0.5) is 21.5 Å². The summed E-state index contributed by atoms with van der Waals surface area (Å²) < 4.78 is 38.9. The number of nitrogens with one attached hydrogen (secondary N) is 1. The van der Waals surface area contributed by atoms with Gasteiger partial charge in [-0.3, -0.25) is 9.10 Å². The van der Waals surface area contributed by atoms with Gasteiger partial charge in [0.15, 0.2) is 0 Å². The molecule has 0 aliphatic carbocycles. The maximum atomic E-state index is 13.6. The van der Waals surface area contributed by atoms with Crippen molar-refractivity contribution in [3.63, 3.8) is 0 Å². The summed E-state index contributed by atoms with van der Waals surface area (Å²) in [5.74, 6) is -1.01. The van der Waals surface area contributed by atoms with Gasteiger partial charge in [-0.05, 0) is 36.4 Å². The normalized spacial score (nSPS) is 11.1. The molecule has 1 amide bonds. The molecule has 0 aromatic heterocycles. The third-order valence-corrected chi connectivity index (χ3v) is 4.94. The highest BCUT2D eigenvalue weighted by Crippen LogP contribution is 2.22. The van der Waals surface area contributed by atoms with Crippen molar-refractivity contribution >= 4 is 33.0 Å². The van der Waals surface area contributed by atoms with Crippen LogP contribution in [0, 0.1) is 5.82 Å².